The number of benzene rings is 3. The Morgan fingerprint density at radius 3 is 2.70 bits per heavy atom. The molecule has 1 atom stereocenters. The summed E-state index contributed by atoms with van der Waals surface area (Å²) in [6, 6.07) is 17.5. The van der Waals surface area contributed by atoms with Gasteiger partial charge in [-0.2, -0.15) is 0 Å². The molecule has 37 heavy (non-hydrogen) atoms. The first-order valence-electron chi connectivity index (χ1n) is 12.4. The quantitative estimate of drug-likeness (QED) is 0.329. The van der Waals surface area contributed by atoms with Crippen molar-refractivity contribution in [1.82, 2.24) is 0 Å². The second-order valence-corrected chi connectivity index (χ2v) is 11.9. The number of hydrogen-bond donors (Lipinski definition) is 2. The molecule has 1 heterocycles. The van der Waals surface area contributed by atoms with E-state index >= 15 is 0 Å². The van der Waals surface area contributed by atoms with Crippen molar-refractivity contribution >= 4 is 21.5 Å². The van der Waals surface area contributed by atoms with Crippen LogP contribution in [0.3, 0.4) is 0 Å². The van der Waals surface area contributed by atoms with Crippen molar-refractivity contribution in [2.24, 2.45) is 0 Å². The Morgan fingerprint density at radius 1 is 1.16 bits per heavy atom. The minimum Gasteiger partial charge on any atom is -0.494 e. The Kier molecular flexibility index (Phi) is 8.17. The molecule has 0 spiro atoms. The van der Waals surface area contributed by atoms with E-state index in [1.165, 1.54) is 12.3 Å². The summed E-state index contributed by atoms with van der Waals surface area (Å²) >= 11 is 0. The number of ether oxygens (including phenoxy) is 1. The number of halogens is 1. The first kappa shape index (κ1) is 26.7. The summed E-state index contributed by atoms with van der Waals surface area (Å²) in [6.45, 7) is 2.36. The fourth-order valence-corrected chi connectivity index (χ4v) is 5.38. The highest BCUT2D eigenvalue weighted by Gasteiger charge is 2.22. The summed E-state index contributed by atoms with van der Waals surface area (Å²) in [5.74, 6) is -0.496. The molecule has 0 bridgehead atoms. The number of sulfone groups is 1. The molecule has 3 aromatic carbocycles. The predicted octanol–water partition coefficient (Wildman–Crippen LogP) is 5.73. The zero-order chi connectivity index (χ0) is 26.6. The van der Waals surface area contributed by atoms with E-state index in [1.807, 2.05) is 31.2 Å². The van der Waals surface area contributed by atoms with Crippen LogP contribution in [-0.4, -0.2) is 38.1 Å². The molecule has 0 fully saturated rings. The van der Waals surface area contributed by atoms with Crippen LogP contribution in [0, 0.1) is 12.7 Å². The lowest BCUT2D eigenvalue weighted by Gasteiger charge is -2.28. The van der Waals surface area contributed by atoms with Gasteiger partial charge >= 0.3 is 5.97 Å². The van der Waals surface area contributed by atoms with Crippen LogP contribution >= 0.6 is 0 Å². The van der Waals surface area contributed by atoms with E-state index in [9.17, 15) is 17.6 Å². The average Bonchev–Trinajstić information content (AvgIpc) is 2.84. The number of carboxylic acid groups (broad SMARTS) is 1. The van der Waals surface area contributed by atoms with Gasteiger partial charge in [0.15, 0.2) is 0 Å². The number of hydrogen-bond acceptors (Lipinski definition) is 5. The van der Waals surface area contributed by atoms with Crippen LogP contribution in [0.1, 0.15) is 47.6 Å². The third-order valence-electron chi connectivity index (χ3n) is 6.64. The highest BCUT2D eigenvalue weighted by atomic mass is 32.2. The largest absolute Gasteiger partial charge is 0.494 e. The molecule has 1 aliphatic rings. The second kappa shape index (κ2) is 11.3. The molecule has 1 unspecified atom stereocenters. The second-order valence-electron chi connectivity index (χ2n) is 9.66. The van der Waals surface area contributed by atoms with Crippen LogP contribution in [0.2, 0.25) is 0 Å². The Morgan fingerprint density at radius 2 is 1.97 bits per heavy atom. The minimum atomic E-state index is -2.99. The Labute approximate surface area is 217 Å². The van der Waals surface area contributed by atoms with Crippen molar-refractivity contribution in [1.29, 1.82) is 0 Å². The van der Waals surface area contributed by atoms with E-state index < -0.39 is 15.8 Å². The van der Waals surface area contributed by atoms with Gasteiger partial charge in [0.2, 0.25) is 0 Å². The smallest absolute Gasteiger partial charge is 0.303 e. The lowest BCUT2D eigenvalue weighted by Crippen LogP contribution is -2.19. The molecular formula is C29H32FNO5S. The van der Waals surface area contributed by atoms with Crippen molar-refractivity contribution < 1.29 is 27.4 Å². The maximum Gasteiger partial charge on any atom is 0.303 e. The van der Waals surface area contributed by atoms with Gasteiger partial charge in [0.05, 0.1) is 18.4 Å². The zero-order valence-electron chi connectivity index (χ0n) is 21.1. The van der Waals surface area contributed by atoms with E-state index in [4.69, 9.17) is 9.84 Å². The van der Waals surface area contributed by atoms with E-state index in [2.05, 4.69) is 23.5 Å². The van der Waals surface area contributed by atoms with Gasteiger partial charge in [-0.25, -0.2) is 12.8 Å². The molecule has 2 N–H and O–H groups in total. The number of aryl methyl sites for hydroxylation is 3. The molecule has 1 aliphatic heterocycles. The normalized spacial score (nSPS) is 15.1. The van der Waals surface area contributed by atoms with Crippen LogP contribution in [0.15, 0.2) is 54.6 Å². The lowest BCUT2D eigenvalue weighted by atomic mass is 9.90. The Bertz CT molecular complexity index is 1400. The SMILES string of the molecule is Cc1cc(OCCCS(C)(=O)=O)ccc1-c1cccc(C2CCc3cc(CCC(=O)O)c(F)cc3N2)c1. The molecular weight excluding hydrogens is 493 g/mol. The first-order chi connectivity index (χ1) is 17.6. The van der Waals surface area contributed by atoms with Gasteiger partial charge in [-0.3, -0.25) is 4.79 Å². The topological polar surface area (TPSA) is 92.7 Å². The number of nitrogens with one attached hydrogen (secondary N) is 1. The first-order valence-corrected chi connectivity index (χ1v) is 14.5. The number of carboxylic acids is 1. The van der Waals surface area contributed by atoms with Crippen molar-refractivity contribution in [3.05, 3.63) is 82.7 Å². The molecule has 0 radical (unpaired) electrons. The molecule has 4 rings (SSSR count). The van der Waals surface area contributed by atoms with Gasteiger partial charge in [0.1, 0.15) is 21.4 Å². The van der Waals surface area contributed by atoms with E-state index in [1.54, 1.807) is 6.07 Å². The van der Waals surface area contributed by atoms with Crippen molar-refractivity contribution in [3.8, 4) is 16.9 Å². The summed E-state index contributed by atoms with van der Waals surface area (Å²) in [7, 11) is -2.99. The predicted molar refractivity (Wildman–Crippen MR) is 143 cm³/mol. The minimum absolute atomic E-state index is 0.0366. The van der Waals surface area contributed by atoms with Crippen LogP contribution in [-0.2, 0) is 27.5 Å². The molecule has 0 aliphatic carbocycles. The monoisotopic (exact) mass is 525 g/mol. The number of rotatable bonds is 10. The molecule has 6 nitrogen and oxygen atoms in total. The van der Waals surface area contributed by atoms with E-state index in [0.717, 1.165) is 46.3 Å². The zero-order valence-corrected chi connectivity index (χ0v) is 21.9. The van der Waals surface area contributed by atoms with Gasteiger partial charge in [-0.1, -0.05) is 30.3 Å². The van der Waals surface area contributed by atoms with Crippen LogP contribution in [0.5, 0.6) is 5.75 Å². The fourth-order valence-electron chi connectivity index (χ4n) is 4.74. The van der Waals surface area contributed by atoms with Gasteiger partial charge in [0.25, 0.3) is 0 Å². The van der Waals surface area contributed by atoms with Crippen LogP contribution in [0.4, 0.5) is 10.1 Å². The Hall–Kier alpha value is -3.39. The van der Waals surface area contributed by atoms with Crippen LogP contribution < -0.4 is 10.1 Å². The molecule has 0 amide bonds. The summed E-state index contributed by atoms with van der Waals surface area (Å²) < 4.78 is 42.9. The number of anilines is 1. The highest BCUT2D eigenvalue weighted by Crippen LogP contribution is 2.36. The Balaban J connectivity index is 1.46. The summed E-state index contributed by atoms with van der Waals surface area (Å²) in [4.78, 5) is 10.9. The van der Waals surface area contributed by atoms with Gasteiger partial charge in [0, 0.05) is 18.4 Å². The van der Waals surface area contributed by atoms with E-state index in [0.29, 0.717) is 24.3 Å². The molecule has 196 valence electrons. The van der Waals surface area contributed by atoms with Crippen molar-refractivity contribution in [2.45, 2.75) is 45.1 Å². The lowest BCUT2D eigenvalue weighted by molar-refractivity contribution is -0.136. The standard InChI is InChI=1S/C29H32FNO5S/c1-19-15-24(36-13-4-14-37(2,34)35)9-10-25(19)20-5-3-6-22(16-20)27-11-7-23-17-21(8-12-29(32)33)26(30)18-28(23)31-27/h3,5-6,9-10,15-18,27,31H,4,7-8,11-14H2,1-2H3,(H,32,33). The number of aliphatic carboxylic acids is 1. The molecule has 0 saturated heterocycles. The summed E-state index contributed by atoms with van der Waals surface area (Å²) in [5.41, 5.74) is 6.53. The molecule has 8 heteroatoms. The van der Waals surface area contributed by atoms with Crippen molar-refractivity contribution in [3.63, 3.8) is 0 Å². The molecule has 0 saturated carbocycles. The average molecular weight is 526 g/mol. The van der Waals surface area contributed by atoms with Crippen LogP contribution in [0.25, 0.3) is 11.1 Å². The van der Waals surface area contributed by atoms with Crippen molar-refractivity contribution in [2.75, 3.05) is 23.9 Å². The summed E-state index contributed by atoms with van der Waals surface area (Å²) in [6.07, 6.45) is 3.40. The number of carbonyl (C=O) groups is 1. The highest BCUT2D eigenvalue weighted by molar-refractivity contribution is 7.90. The van der Waals surface area contributed by atoms with Gasteiger partial charge < -0.3 is 15.2 Å². The third kappa shape index (κ3) is 7.10. The molecule has 0 aromatic heterocycles. The third-order valence-corrected chi connectivity index (χ3v) is 7.67. The fraction of sp³-hybridized carbons (Fsp3) is 0.345. The molecule has 3 aromatic rings. The van der Waals surface area contributed by atoms with E-state index in [-0.39, 0.29) is 30.5 Å². The number of fused-ring (bicyclic) bond motifs is 1. The van der Waals surface area contributed by atoms with Gasteiger partial charge in [-0.05, 0) is 90.3 Å². The van der Waals surface area contributed by atoms with Gasteiger partial charge in [-0.15, -0.1) is 0 Å². The maximum absolute atomic E-state index is 14.6. The maximum atomic E-state index is 14.6. The summed E-state index contributed by atoms with van der Waals surface area (Å²) in [5, 5.41) is 12.4.